The quantitative estimate of drug-likeness (QED) is 0.712. The molecule has 0 spiro atoms. The minimum Gasteiger partial charge on any atom is -0.378 e. The summed E-state index contributed by atoms with van der Waals surface area (Å²) in [6.45, 7) is 6.57. The zero-order chi connectivity index (χ0) is 9.64. The molecule has 0 aromatic carbocycles. The van der Waals surface area contributed by atoms with Crippen LogP contribution in [0.2, 0.25) is 0 Å². The lowest BCUT2D eigenvalue weighted by atomic mass is 10.2. The van der Waals surface area contributed by atoms with E-state index < -0.39 is 0 Å². The second-order valence-corrected chi connectivity index (χ2v) is 4.44. The van der Waals surface area contributed by atoms with Gasteiger partial charge in [-0.25, -0.2) is 0 Å². The number of hydrogen-bond donors (Lipinski definition) is 1. The third-order valence-electron chi connectivity index (χ3n) is 3.18. The lowest BCUT2D eigenvalue weighted by molar-refractivity contribution is 0.0623. The summed E-state index contributed by atoms with van der Waals surface area (Å²) in [5.41, 5.74) is 0. The number of morpholine rings is 1. The number of ether oxygens (including phenoxy) is 1. The van der Waals surface area contributed by atoms with Crippen molar-refractivity contribution in [3.05, 3.63) is 0 Å². The minimum atomic E-state index is 0.571. The largest absolute Gasteiger partial charge is 0.378 e. The third kappa shape index (κ3) is 3.23. The summed E-state index contributed by atoms with van der Waals surface area (Å²) < 4.78 is 5.47. The van der Waals surface area contributed by atoms with Crippen LogP contribution in [-0.2, 0) is 4.74 Å². The first-order valence-corrected chi connectivity index (χ1v) is 5.98. The van der Waals surface area contributed by atoms with Gasteiger partial charge in [0.15, 0.2) is 0 Å². The molecule has 3 nitrogen and oxygen atoms in total. The zero-order valence-corrected chi connectivity index (χ0v) is 9.00. The molecule has 3 heteroatoms. The van der Waals surface area contributed by atoms with Crippen LogP contribution in [0, 0.1) is 0 Å². The molecular formula is C11H22N2O. The fourth-order valence-electron chi connectivity index (χ4n) is 2.37. The molecule has 1 atom stereocenters. The van der Waals surface area contributed by atoms with Gasteiger partial charge in [0.05, 0.1) is 13.2 Å². The van der Waals surface area contributed by atoms with Crippen molar-refractivity contribution in [2.24, 2.45) is 0 Å². The maximum atomic E-state index is 5.47. The predicted molar refractivity (Wildman–Crippen MR) is 57.5 cm³/mol. The second kappa shape index (κ2) is 5.69. The molecule has 14 heavy (non-hydrogen) atoms. The van der Waals surface area contributed by atoms with Crippen LogP contribution in [0.4, 0.5) is 0 Å². The second-order valence-electron chi connectivity index (χ2n) is 4.44. The van der Waals surface area contributed by atoms with Crippen molar-refractivity contribution in [1.29, 1.82) is 0 Å². The first-order chi connectivity index (χ1) is 6.95. The fourth-order valence-corrected chi connectivity index (χ4v) is 2.37. The predicted octanol–water partition coefficient (Wildman–Crippen LogP) is 0.851. The number of hydrogen-bond acceptors (Lipinski definition) is 3. The number of nitrogens with zero attached hydrogens (tertiary/aromatic N) is 1. The first kappa shape index (κ1) is 10.4. The number of rotatable bonds is 2. The summed E-state index contributed by atoms with van der Waals surface area (Å²) in [4.78, 5) is 2.60. The van der Waals surface area contributed by atoms with Gasteiger partial charge in [-0.1, -0.05) is 12.8 Å². The van der Waals surface area contributed by atoms with E-state index in [1.807, 2.05) is 0 Å². The van der Waals surface area contributed by atoms with Crippen molar-refractivity contribution >= 4 is 0 Å². The SMILES string of the molecule is C1CCCN(C[C@@H]2COCCN2)CC1. The Balaban J connectivity index is 1.71. The summed E-state index contributed by atoms with van der Waals surface area (Å²) in [6.07, 6.45) is 5.61. The average Bonchev–Trinajstić information content (AvgIpc) is 2.48. The van der Waals surface area contributed by atoms with Crippen LogP contribution in [0.15, 0.2) is 0 Å². The third-order valence-corrected chi connectivity index (χ3v) is 3.18. The molecule has 2 aliphatic heterocycles. The van der Waals surface area contributed by atoms with E-state index in [1.165, 1.54) is 45.3 Å². The molecule has 2 heterocycles. The summed E-state index contributed by atoms with van der Waals surface area (Å²) >= 11 is 0. The van der Waals surface area contributed by atoms with E-state index in [9.17, 15) is 0 Å². The Kier molecular flexibility index (Phi) is 4.22. The average molecular weight is 198 g/mol. The van der Waals surface area contributed by atoms with Gasteiger partial charge in [-0.2, -0.15) is 0 Å². The van der Waals surface area contributed by atoms with Crippen LogP contribution in [-0.4, -0.2) is 50.3 Å². The van der Waals surface area contributed by atoms with E-state index in [1.54, 1.807) is 0 Å². The lowest BCUT2D eigenvalue weighted by Crippen LogP contribution is -2.48. The van der Waals surface area contributed by atoms with Gasteiger partial charge < -0.3 is 15.0 Å². The van der Waals surface area contributed by atoms with E-state index in [4.69, 9.17) is 4.74 Å². The van der Waals surface area contributed by atoms with Crippen LogP contribution < -0.4 is 5.32 Å². The Labute approximate surface area is 86.8 Å². The van der Waals surface area contributed by atoms with Crippen molar-refractivity contribution < 1.29 is 4.74 Å². The molecule has 82 valence electrons. The molecule has 2 saturated heterocycles. The Morgan fingerprint density at radius 2 is 1.93 bits per heavy atom. The van der Waals surface area contributed by atoms with E-state index in [-0.39, 0.29) is 0 Å². The fraction of sp³-hybridized carbons (Fsp3) is 1.00. The minimum absolute atomic E-state index is 0.571. The normalized spacial score (nSPS) is 31.3. The van der Waals surface area contributed by atoms with Crippen LogP contribution in [0.1, 0.15) is 25.7 Å². The molecule has 2 aliphatic rings. The van der Waals surface area contributed by atoms with Crippen LogP contribution in [0.3, 0.4) is 0 Å². The molecule has 0 radical (unpaired) electrons. The first-order valence-electron chi connectivity index (χ1n) is 5.98. The molecule has 0 aromatic rings. The highest BCUT2D eigenvalue weighted by Gasteiger charge is 2.17. The van der Waals surface area contributed by atoms with Crippen molar-refractivity contribution in [3.63, 3.8) is 0 Å². The molecule has 0 saturated carbocycles. The number of likely N-dealkylation sites (tertiary alicyclic amines) is 1. The summed E-state index contributed by atoms with van der Waals surface area (Å²) in [6, 6.07) is 0.571. The molecule has 0 amide bonds. The van der Waals surface area contributed by atoms with Crippen molar-refractivity contribution in [2.45, 2.75) is 31.7 Å². The standard InChI is InChI=1S/C11H22N2O/c1-2-4-7-13(6-3-1)9-11-10-14-8-5-12-11/h11-12H,1-10H2/t11-/m1/s1. The summed E-state index contributed by atoms with van der Waals surface area (Å²) in [5, 5.41) is 3.52. The highest BCUT2D eigenvalue weighted by molar-refractivity contribution is 4.75. The van der Waals surface area contributed by atoms with E-state index >= 15 is 0 Å². The van der Waals surface area contributed by atoms with Gasteiger partial charge in [0.2, 0.25) is 0 Å². The maximum absolute atomic E-state index is 5.47. The molecule has 2 rings (SSSR count). The zero-order valence-electron chi connectivity index (χ0n) is 9.00. The number of nitrogens with one attached hydrogen (secondary N) is 1. The smallest absolute Gasteiger partial charge is 0.0632 e. The topological polar surface area (TPSA) is 24.5 Å². The summed E-state index contributed by atoms with van der Waals surface area (Å²) in [7, 11) is 0. The van der Waals surface area contributed by atoms with Crippen molar-refractivity contribution in [3.8, 4) is 0 Å². The van der Waals surface area contributed by atoms with E-state index in [0.717, 1.165) is 19.8 Å². The molecule has 2 fully saturated rings. The molecule has 0 bridgehead atoms. The Bertz CT molecular complexity index is 149. The van der Waals surface area contributed by atoms with E-state index in [0.29, 0.717) is 6.04 Å². The monoisotopic (exact) mass is 198 g/mol. The van der Waals surface area contributed by atoms with Gasteiger partial charge in [-0.05, 0) is 25.9 Å². The Morgan fingerprint density at radius 1 is 1.14 bits per heavy atom. The van der Waals surface area contributed by atoms with Gasteiger partial charge in [0, 0.05) is 19.1 Å². The molecule has 0 aliphatic carbocycles. The molecular weight excluding hydrogens is 176 g/mol. The maximum Gasteiger partial charge on any atom is 0.0632 e. The van der Waals surface area contributed by atoms with Crippen molar-refractivity contribution in [2.75, 3.05) is 39.4 Å². The highest BCUT2D eigenvalue weighted by Crippen LogP contribution is 2.10. The van der Waals surface area contributed by atoms with Gasteiger partial charge in [-0.3, -0.25) is 0 Å². The lowest BCUT2D eigenvalue weighted by Gasteiger charge is -2.29. The van der Waals surface area contributed by atoms with E-state index in [2.05, 4.69) is 10.2 Å². The van der Waals surface area contributed by atoms with Gasteiger partial charge in [0.1, 0.15) is 0 Å². The van der Waals surface area contributed by atoms with Gasteiger partial charge in [0.25, 0.3) is 0 Å². The molecule has 0 aromatic heterocycles. The van der Waals surface area contributed by atoms with Crippen LogP contribution in [0.25, 0.3) is 0 Å². The summed E-state index contributed by atoms with van der Waals surface area (Å²) in [5.74, 6) is 0. The van der Waals surface area contributed by atoms with Crippen molar-refractivity contribution in [1.82, 2.24) is 10.2 Å². The van der Waals surface area contributed by atoms with Gasteiger partial charge >= 0.3 is 0 Å². The Hall–Kier alpha value is -0.120. The Morgan fingerprint density at radius 3 is 2.57 bits per heavy atom. The molecule has 1 N–H and O–H groups in total. The van der Waals surface area contributed by atoms with Gasteiger partial charge in [-0.15, -0.1) is 0 Å². The van der Waals surface area contributed by atoms with Crippen LogP contribution in [0.5, 0.6) is 0 Å². The highest BCUT2D eigenvalue weighted by atomic mass is 16.5. The van der Waals surface area contributed by atoms with Crippen LogP contribution >= 0.6 is 0 Å². The molecule has 0 unspecified atom stereocenters.